The molecule has 100 valence electrons. The Balaban J connectivity index is 2.19. The maximum atomic E-state index is 11.9. The van der Waals surface area contributed by atoms with Gasteiger partial charge in [0.2, 0.25) is 10.0 Å². The summed E-state index contributed by atoms with van der Waals surface area (Å²) in [7, 11) is -3.72. The molecule has 1 aliphatic rings. The number of rotatable bonds is 3. The lowest BCUT2D eigenvalue weighted by Gasteiger charge is -2.12. The van der Waals surface area contributed by atoms with Crippen LogP contribution in [0.5, 0.6) is 0 Å². The zero-order chi connectivity index (χ0) is 14.2. The summed E-state index contributed by atoms with van der Waals surface area (Å²) in [4.78, 5) is 35.9. The van der Waals surface area contributed by atoms with Crippen LogP contribution in [0.15, 0.2) is 24.3 Å². The lowest BCUT2D eigenvalue weighted by molar-refractivity contribution is -0.119. The third kappa shape index (κ3) is 2.63. The van der Waals surface area contributed by atoms with E-state index in [1.165, 1.54) is 12.1 Å². The Morgan fingerprint density at radius 1 is 1.16 bits per heavy atom. The first-order valence-electron chi connectivity index (χ1n) is 5.25. The van der Waals surface area contributed by atoms with Gasteiger partial charge in [0, 0.05) is 0 Å². The van der Waals surface area contributed by atoms with Crippen molar-refractivity contribution < 1.29 is 22.8 Å². The molecule has 1 aromatic rings. The number of benzene rings is 1. The molecule has 1 aromatic carbocycles. The van der Waals surface area contributed by atoms with Crippen LogP contribution in [0.2, 0.25) is 0 Å². The average molecular weight is 282 g/mol. The molecule has 1 aliphatic heterocycles. The molecule has 1 heterocycles. The SMILES string of the molecule is CS(=O)(=O)NC(=O)CN1C(=O)c2ccccc2C1=O. The van der Waals surface area contributed by atoms with Crippen LogP contribution in [0.4, 0.5) is 0 Å². The van der Waals surface area contributed by atoms with Crippen molar-refractivity contribution in [2.24, 2.45) is 0 Å². The van der Waals surface area contributed by atoms with E-state index in [-0.39, 0.29) is 11.1 Å². The molecule has 8 heteroatoms. The van der Waals surface area contributed by atoms with E-state index in [0.29, 0.717) is 4.90 Å². The van der Waals surface area contributed by atoms with Gasteiger partial charge in [0.1, 0.15) is 6.54 Å². The molecule has 0 aliphatic carbocycles. The third-order valence-electron chi connectivity index (χ3n) is 2.48. The summed E-state index contributed by atoms with van der Waals surface area (Å²) in [6.45, 7) is -0.626. The second kappa shape index (κ2) is 4.47. The number of hydrogen-bond acceptors (Lipinski definition) is 5. The van der Waals surface area contributed by atoms with Crippen molar-refractivity contribution in [3.8, 4) is 0 Å². The zero-order valence-corrected chi connectivity index (χ0v) is 10.7. The fourth-order valence-corrected chi connectivity index (χ4v) is 2.24. The summed E-state index contributed by atoms with van der Waals surface area (Å²) < 4.78 is 23.5. The van der Waals surface area contributed by atoms with E-state index in [9.17, 15) is 22.8 Å². The highest BCUT2D eigenvalue weighted by Gasteiger charge is 2.36. The van der Waals surface area contributed by atoms with E-state index >= 15 is 0 Å². The average Bonchev–Trinajstić information content (AvgIpc) is 2.53. The standard InChI is InChI=1S/C11H10N2O5S/c1-19(17,18)12-9(14)6-13-10(15)7-4-2-3-5-8(7)11(13)16/h2-5H,6H2,1H3,(H,12,14). The monoisotopic (exact) mass is 282 g/mol. The molecule has 0 radical (unpaired) electrons. The number of nitrogens with one attached hydrogen (secondary N) is 1. The van der Waals surface area contributed by atoms with Gasteiger partial charge in [-0.05, 0) is 12.1 Å². The Morgan fingerprint density at radius 3 is 2.05 bits per heavy atom. The quantitative estimate of drug-likeness (QED) is 0.743. The Labute approximate surface area is 109 Å². The van der Waals surface area contributed by atoms with Crippen molar-refractivity contribution in [3.63, 3.8) is 0 Å². The Bertz CT molecular complexity index is 645. The summed E-state index contributed by atoms with van der Waals surface area (Å²) in [5, 5.41) is 0. The second-order valence-electron chi connectivity index (χ2n) is 4.04. The topological polar surface area (TPSA) is 101 Å². The first-order chi connectivity index (χ1) is 8.79. The van der Waals surface area contributed by atoms with Crippen LogP contribution in [-0.4, -0.2) is 43.8 Å². The lowest BCUT2D eigenvalue weighted by Crippen LogP contribution is -2.42. The van der Waals surface area contributed by atoms with Gasteiger partial charge in [0.05, 0.1) is 17.4 Å². The van der Waals surface area contributed by atoms with Gasteiger partial charge < -0.3 is 0 Å². The van der Waals surface area contributed by atoms with Crippen LogP contribution in [0.3, 0.4) is 0 Å². The Kier molecular flexibility index (Phi) is 3.11. The van der Waals surface area contributed by atoms with Crippen molar-refractivity contribution in [2.45, 2.75) is 0 Å². The van der Waals surface area contributed by atoms with Crippen molar-refractivity contribution >= 4 is 27.7 Å². The van der Waals surface area contributed by atoms with Gasteiger partial charge in [0.15, 0.2) is 0 Å². The van der Waals surface area contributed by atoms with E-state index in [2.05, 4.69) is 0 Å². The second-order valence-corrected chi connectivity index (χ2v) is 5.79. The molecule has 7 nitrogen and oxygen atoms in total. The molecule has 0 saturated heterocycles. The molecule has 0 fully saturated rings. The Hall–Kier alpha value is -2.22. The molecule has 0 atom stereocenters. The molecule has 0 bridgehead atoms. The van der Waals surface area contributed by atoms with Crippen molar-refractivity contribution in [3.05, 3.63) is 35.4 Å². The number of carbonyl (C=O) groups is 3. The summed E-state index contributed by atoms with van der Waals surface area (Å²) >= 11 is 0. The summed E-state index contributed by atoms with van der Waals surface area (Å²) in [6.07, 6.45) is 0.813. The molecule has 19 heavy (non-hydrogen) atoms. The van der Waals surface area contributed by atoms with Gasteiger partial charge in [-0.25, -0.2) is 8.42 Å². The zero-order valence-electron chi connectivity index (χ0n) is 9.91. The van der Waals surface area contributed by atoms with E-state index in [1.807, 2.05) is 0 Å². The number of carbonyl (C=O) groups excluding carboxylic acids is 3. The van der Waals surface area contributed by atoms with Gasteiger partial charge in [-0.15, -0.1) is 0 Å². The summed E-state index contributed by atoms with van der Waals surface area (Å²) in [5.41, 5.74) is 0.416. The van der Waals surface area contributed by atoms with Crippen LogP contribution in [0.25, 0.3) is 0 Å². The van der Waals surface area contributed by atoms with Crippen molar-refractivity contribution in [1.29, 1.82) is 0 Å². The molecule has 2 rings (SSSR count). The predicted octanol–water partition coefficient (Wildman–Crippen LogP) is -0.642. The highest BCUT2D eigenvalue weighted by molar-refractivity contribution is 7.89. The minimum atomic E-state index is -3.72. The molecule has 0 saturated carbocycles. The predicted molar refractivity (Wildman–Crippen MR) is 64.8 cm³/mol. The normalized spacial score (nSPS) is 14.5. The molecule has 0 spiro atoms. The van der Waals surface area contributed by atoms with Gasteiger partial charge in [0.25, 0.3) is 17.7 Å². The minimum Gasteiger partial charge on any atom is -0.272 e. The van der Waals surface area contributed by atoms with Gasteiger partial charge in [-0.3, -0.25) is 24.0 Å². The van der Waals surface area contributed by atoms with Gasteiger partial charge in [-0.1, -0.05) is 12.1 Å². The highest BCUT2D eigenvalue weighted by Crippen LogP contribution is 2.21. The first kappa shape index (κ1) is 13.2. The van der Waals surface area contributed by atoms with Crippen LogP contribution in [0.1, 0.15) is 20.7 Å². The number of nitrogens with zero attached hydrogens (tertiary/aromatic N) is 1. The fraction of sp³-hybridized carbons (Fsp3) is 0.182. The van der Waals surface area contributed by atoms with E-state index in [4.69, 9.17) is 0 Å². The van der Waals surface area contributed by atoms with E-state index in [0.717, 1.165) is 6.26 Å². The maximum absolute atomic E-state index is 11.9. The molecule has 1 N–H and O–H groups in total. The number of fused-ring (bicyclic) bond motifs is 1. The molecule has 3 amide bonds. The molecule has 0 unspecified atom stereocenters. The van der Waals surface area contributed by atoms with Gasteiger partial charge in [-0.2, -0.15) is 0 Å². The summed E-state index contributed by atoms with van der Waals surface area (Å²) in [6, 6.07) is 6.16. The largest absolute Gasteiger partial charge is 0.272 e. The number of hydrogen-bond donors (Lipinski definition) is 1. The number of sulfonamides is 1. The Morgan fingerprint density at radius 2 is 1.63 bits per heavy atom. The lowest BCUT2D eigenvalue weighted by atomic mass is 10.1. The summed E-state index contributed by atoms with van der Waals surface area (Å²) in [5.74, 6) is -2.15. The van der Waals surface area contributed by atoms with Crippen molar-refractivity contribution in [2.75, 3.05) is 12.8 Å². The van der Waals surface area contributed by atoms with E-state index in [1.54, 1.807) is 16.9 Å². The molecular weight excluding hydrogens is 272 g/mol. The van der Waals surface area contributed by atoms with Crippen molar-refractivity contribution in [1.82, 2.24) is 9.62 Å². The first-order valence-corrected chi connectivity index (χ1v) is 7.14. The van der Waals surface area contributed by atoms with Crippen LogP contribution in [-0.2, 0) is 14.8 Å². The van der Waals surface area contributed by atoms with Gasteiger partial charge >= 0.3 is 0 Å². The highest BCUT2D eigenvalue weighted by atomic mass is 32.2. The molecule has 0 aromatic heterocycles. The van der Waals surface area contributed by atoms with Crippen LogP contribution in [0, 0.1) is 0 Å². The smallest absolute Gasteiger partial charge is 0.262 e. The van der Waals surface area contributed by atoms with E-state index < -0.39 is 34.3 Å². The maximum Gasteiger partial charge on any atom is 0.262 e. The van der Waals surface area contributed by atoms with Crippen LogP contribution >= 0.6 is 0 Å². The fourth-order valence-electron chi connectivity index (χ4n) is 1.77. The molecular formula is C11H10N2O5S. The number of amides is 3. The minimum absolute atomic E-state index is 0.208. The number of imide groups is 1. The third-order valence-corrected chi connectivity index (χ3v) is 3.08. The van der Waals surface area contributed by atoms with Crippen LogP contribution < -0.4 is 4.72 Å².